The Bertz CT molecular complexity index is 1080. The van der Waals surface area contributed by atoms with Crippen molar-refractivity contribution in [2.45, 2.75) is 69.6 Å². The van der Waals surface area contributed by atoms with Crippen LogP contribution < -0.4 is 5.32 Å². The van der Waals surface area contributed by atoms with Crippen LogP contribution >= 0.6 is 0 Å². The molecule has 1 aromatic heterocycles. The van der Waals surface area contributed by atoms with Crippen LogP contribution in [0.2, 0.25) is 0 Å². The summed E-state index contributed by atoms with van der Waals surface area (Å²) < 4.78 is 20.2. The van der Waals surface area contributed by atoms with E-state index in [1.807, 2.05) is 6.07 Å². The van der Waals surface area contributed by atoms with Crippen molar-refractivity contribution in [3.05, 3.63) is 54.2 Å². The second-order valence-electron chi connectivity index (χ2n) is 11.1. The topological polar surface area (TPSA) is 84.4 Å². The third kappa shape index (κ3) is 5.69. The van der Waals surface area contributed by atoms with Crippen molar-refractivity contribution in [1.29, 1.82) is 0 Å². The molecule has 37 heavy (non-hydrogen) atoms. The summed E-state index contributed by atoms with van der Waals surface area (Å²) in [4.78, 5) is 36.3. The number of anilines is 1. The van der Waals surface area contributed by atoms with E-state index in [0.717, 1.165) is 82.9 Å². The number of ether oxygens (including phenoxy) is 1. The van der Waals surface area contributed by atoms with E-state index in [1.165, 1.54) is 18.3 Å². The Labute approximate surface area is 218 Å². The molecule has 198 valence electrons. The van der Waals surface area contributed by atoms with E-state index in [9.17, 15) is 14.0 Å². The minimum atomic E-state index is -0.741. The largest absolute Gasteiger partial charge is 0.465 e. The zero-order valence-corrected chi connectivity index (χ0v) is 21.5. The van der Waals surface area contributed by atoms with Crippen LogP contribution in [0, 0.1) is 17.2 Å². The van der Waals surface area contributed by atoms with Gasteiger partial charge in [-0.3, -0.25) is 19.5 Å². The molecule has 2 saturated carbocycles. The average Bonchev–Trinajstić information content (AvgIpc) is 3.16. The number of nitrogens with one attached hydrogen (secondary N) is 1. The van der Waals surface area contributed by atoms with Crippen molar-refractivity contribution >= 4 is 17.7 Å². The van der Waals surface area contributed by atoms with Gasteiger partial charge >= 0.3 is 5.97 Å². The fourth-order valence-electron chi connectivity index (χ4n) is 6.62. The smallest absolute Gasteiger partial charge is 0.316 e. The molecular formula is C29H37FN4O3. The fourth-order valence-corrected chi connectivity index (χ4v) is 6.62. The van der Waals surface area contributed by atoms with Crippen molar-refractivity contribution < 1.29 is 18.7 Å². The highest BCUT2D eigenvalue weighted by Crippen LogP contribution is 2.54. The lowest BCUT2D eigenvalue weighted by Crippen LogP contribution is -2.52. The third-order valence-electron chi connectivity index (χ3n) is 9.05. The minimum absolute atomic E-state index is 0.0819. The Hall–Kier alpha value is -2.87. The van der Waals surface area contributed by atoms with Gasteiger partial charge in [-0.05, 0) is 80.6 Å². The summed E-state index contributed by atoms with van der Waals surface area (Å²) in [5.41, 5.74) is 0.207. The highest BCUT2D eigenvalue weighted by molar-refractivity contribution is 5.91. The molecule has 1 aliphatic heterocycles. The summed E-state index contributed by atoms with van der Waals surface area (Å²) in [7, 11) is 0. The van der Waals surface area contributed by atoms with Crippen molar-refractivity contribution in [3.63, 3.8) is 0 Å². The molecule has 1 N–H and O–H groups in total. The highest BCUT2D eigenvalue weighted by atomic mass is 19.1. The first kappa shape index (κ1) is 25.8. The van der Waals surface area contributed by atoms with Crippen LogP contribution in [0.5, 0.6) is 0 Å². The van der Waals surface area contributed by atoms with Gasteiger partial charge < -0.3 is 10.1 Å². The summed E-state index contributed by atoms with van der Waals surface area (Å²) in [6.45, 7) is 2.47. The third-order valence-corrected chi connectivity index (χ3v) is 9.05. The molecule has 0 radical (unpaired) electrons. The van der Waals surface area contributed by atoms with Gasteiger partial charge in [0.15, 0.2) is 5.82 Å². The van der Waals surface area contributed by atoms with Crippen LogP contribution in [0.15, 0.2) is 42.9 Å². The van der Waals surface area contributed by atoms with E-state index < -0.39 is 5.41 Å². The number of piperidine rings is 1. The molecule has 5 rings (SSSR count). The molecule has 1 amide bonds. The predicted octanol–water partition coefficient (Wildman–Crippen LogP) is 4.88. The second kappa shape index (κ2) is 11.3. The zero-order chi connectivity index (χ0) is 25.7. The zero-order valence-electron chi connectivity index (χ0n) is 21.5. The highest BCUT2D eigenvalue weighted by Gasteiger charge is 2.49. The Kier molecular flexibility index (Phi) is 7.84. The van der Waals surface area contributed by atoms with Gasteiger partial charge in [0, 0.05) is 12.4 Å². The van der Waals surface area contributed by atoms with Gasteiger partial charge in [0.1, 0.15) is 5.82 Å². The number of benzene rings is 1. The number of halogens is 1. The summed E-state index contributed by atoms with van der Waals surface area (Å²) in [6.07, 6.45) is 14.4. The Morgan fingerprint density at radius 2 is 1.84 bits per heavy atom. The predicted molar refractivity (Wildman–Crippen MR) is 138 cm³/mol. The van der Waals surface area contributed by atoms with Gasteiger partial charge in [-0.2, -0.15) is 0 Å². The maximum absolute atomic E-state index is 14.1. The number of hydrogen-bond acceptors (Lipinski definition) is 6. The molecule has 2 heterocycles. The molecule has 1 atom stereocenters. The number of nitrogens with zero attached hydrogens (tertiary/aromatic N) is 3. The number of aromatic nitrogens is 2. The number of carbonyl (C=O) groups excluding carboxylic acids is 2. The van der Waals surface area contributed by atoms with Crippen LogP contribution in [-0.4, -0.2) is 53.0 Å². The summed E-state index contributed by atoms with van der Waals surface area (Å²) in [5.74, 6) is 0.250. The lowest BCUT2D eigenvalue weighted by Gasteiger charge is -2.53. The minimum Gasteiger partial charge on any atom is -0.465 e. The molecule has 1 aromatic carbocycles. The van der Waals surface area contributed by atoms with Crippen LogP contribution in [0.4, 0.5) is 10.2 Å². The van der Waals surface area contributed by atoms with E-state index >= 15 is 0 Å². The number of amides is 1. The lowest BCUT2D eigenvalue weighted by molar-refractivity contribution is -0.159. The quantitative estimate of drug-likeness (QED) is 0.424. The molecule has 1 saturated heterocycles. The number of carbonyl (C=O) groups is 2. The molecule has 0 bridgehead atoms. The first-order valence-corrected chi connectivity index (χ1v) is 13.7. The van der Waals surface area contributed by atoms with Crippen molar-refractivity contribution in [3.8, 4) is 0 Å². The molecule has 3 aliphatic rings. The van der Waals surface area contributed by atoms with E-state index in [0.29, 0.717) is 24.9 Å². The summed E-state index contributed by atoms with van der Waals surface area (Å²) in [6, 6.07) is 6.54. The first-order chi connectivity index (χ1) is 18.0. The van der Waals surface area contributed by atoms with Crippen molar-refractivity contribution in [2.75, 3.05) is 31.6 Å². The second-order valence-corrected chi connectivity index (χ2v) is 11.1. The Morgan fingerprint density at radius 3 is 2.49 bits per heavy atom. The molecule has 2 aromatic rings. The number of esters is 1. The molecule has 7 nitrogen and oxygen atoms in total. The molecule has 3 fully saturated rings. The van der Waals surface area contributed by atoms with E-state index in [2.05, 4.69) is 20.2 Å². The van der Waals surface area contributed by atoms with Crippen molar-refractivity contribution in [2.24, 2.45) is 11.3 Å². The Morgan fingerprint density at radius 1 is 1.05 bits per heavy atom. The molecule has 1 unspecified atom stereocenters. The van der Waals surface area contributed by atoms with Gasteiger partial charge in [-0.15, -0.1) is 0 Å². The summed E-state index contributed by atoms with van der Waals surface area (Å²) >= 11 is 0. The van der Waals surface area contributed by atoms with E-state index in [4.69, 9.17) is 4.74 Å². The van der Waals surface area contributed by atoms with Gasteiger partial charge in [0.25, 0.3) is 0 Å². The van der Waals surface area contributed by atoms with Crippen LogP contribution in [0.1, 0.15) is 69.8 Å². The molecule has 1 spiro atoms. The maximum Gasteiger partial charge on any atom is 0.316 e. The van der Waals surface area contributed by atoms with Gasteiger partial charge in [-0.25, -0.2) is 9.37 Å². The standard InChI is InChI=1S/C29H37FN4O3/c30-24-7-5-6-22(18-24)29(9-3-1-2-4-10-29)27(36)37-21-23-8-11-28(23)12-16-34(17-13-28)20-26(35)33-25-19-31-14-15-32-25/h5-7,14-15,18-19,23H,1-4,8-13,16-17,20-21H2,(H,32,33,35). The van der Waals surface area contributed by atoms with E-state index in [-0.39, 0.29) is 23.1 Å². The lowest BCUT2D eigenvalue weighted by atomic mass is 9.56. The monoisotopic (exact) mass is 508 g/mol. The van der Waals surface area contributed by atoms with Gasteiger partial charge in [-0.1, -0.05) is 37.8 Å². The molecule has 8 heteroatoms. The SMILES string of the molecule is O=C(CN1CCC2(CCC2COC(=O)C2(c3cccc(F)c3)CCCCCC2)CC1)Nc1cnccn1. The first-order valence-electron chi connectivity index (χ1n) is 13.7. The number of rotatable bonds is 7. The van der Waals surface area contributed by atoms with Gasteiger partial charge in [0.05, 0.1) is 24.8 Å². The Balaban J connectivity index is 1.15. The van der Waals surface area contributed by atoms with E-state index in [1.54, 1.807) is 18.5 Å². The van der Waals surface area contributed by atoms with Crippen LogP contribution in [0.25, 0.3) is 0 Å². The van der Waals surface area contributed by atoms with Gasteiger partial charge in [0.2, 0.25) is 5.91 Å². The average molecular weight is 509 g/mol. The van der Waals surface area contributed by atoms with Crippen LogP contribution in [-0.2, 0) is 19.7 Å². The molecular weight excluding hydrogens is 471 g/mol. The van der Waals surface area contributed by atoms with Crippen LogP contribution in [0.3, 0.4) is 0 Å². The number of hydrogen-bond donors (Lipinski definition) is 1. The summed E-state index contributed by atoms with van der Waals surface area (Å²) in [5, 5.41) is 2.80. The number of likely N-dealkylation sites (tertiary alicyclic amines) is 1. The maximum atomic E-state index is 14.1. The normalized spacial score (nSPS) is 23.0. The fraction of sp³-hybridized carbons (Fsp3) is 0.586. The molecule has 2 aliphatic carbocycles. The van der Waals surface area contributed by atoms with Crippen molar-refractivity contribution in [1.82, 2.24) is 14.9 Å².